The minimum Gasteiger partial charge on any atom is -0.369 e. The summed E-state index contributed by atoms with van der Waals surface area (Å²) in [6.45, 7) is 0. The molecule has 0 saturated carbocycles. The Labute approximate surface area is 126 Å². The van der Waals surface area contributed by atoms with E-state index < -0.39 is 15.9 Å². The van der Waals surface area contributed by atoms with Crippen molar-refractivity contribution in [2.45, 2.75) is 11.3 Å². The van der Waals surface area contributed by atoms with Crippen LogP contribution in [-0.4, -0.2) is 24.3 Å². The summed E-state index contributed by atoms with van der Waals surface area (Å²) in [4.78, 5) is 17.9. The Balaban J connectivity index is 2.16. The van der Waals surface area contributed by atoms with Gasteiger partial charge in [-0.25, -0.2) is 18.4 Å². The Bertz CT molecular complexity index is 745. The molecule has 0 fully saturated rings. The number of benzene rings is 1. The summed E-state index contributed by atoms with van der Waals surface area (Å²) in [5.74, 6) is -0.457. The molecule has 21 heavy (non-hydrogen) atoms. The first-order chi connectivity index (χ1) is 9.87. The summed E-state index contributed by atoms with van der Waals surface area (Å²) in [7, 11) is -3.79. The molecule has 3 N–H and O–H groups in total. The van der Waals surface area contributed by atoms with Gasteiger partial charge in [0, 0.05) is 5.69 Å². The number of nitrogens with one attached hydrogen (secondary N) is 1. The molecule has 1 amide bonds. The van der Waals surface area contributed by atoms with Crippen molar-refractivity contribution < 1.29 is 13.2 Å². The lowest BCUT2D eigenvalue weighted by Gasteiger charge is -2.08. The number of sulfonamides is 1. The molecule has 0 aliphatic carbocycles. The van der Waals surface area contributed by atoms with Gasteiger partial charge in [0.15, 0.2) is 0 Å². The van der Waals surface area contributed by atoms with Gasteiger partial charge < -0.3 is 5.73 Å². The highest BCUT2D eigenvalue weighted by Crippen LogP contribution is 2.16. The fraction of sp³-hybridized carbons (Fsp3) is 0.0833. The van der Waals surface area contributed by atoms with Gasteiger partial charge in [0.25, 0.3) is 10.0 Å². The summed E-state index contributed by atoms with van der Waals surface area (Å²) in [5.41, 5.74) is 6.12. The molecular formula is C12H11ClN4O3S. The van der Waals surface area contributed by atoms with Crippen molar-refractivity contribution >= 4 is 33.2 Å². The van der Waals surface area contributed by atoms with Crippen molar-refractivity contribution in [3.05, 3.63) is 47.5 Å². The molecule has 0 bridgehead atoms. The van der Waals surface area contributed by atoms with Gasteiger partial charge in [-0.05, 0) is 29.3 Å². The van der Waals surface area contributed by atoms with Crippen LogP contribution < -0.4 is 10.5 Å². The molecule has 2 rings (SSSR count). The summed E-state index contributed by atoms with van der Waals surface area (Å²) < 4.78 is 26.5. The van der Waals surface area contributed by atoms with Gasteiger partial charge in [-0.2, -0.15) is 0 Å². The molecule has 0 aliphatic rings. The van der Waals surface area contributed by atoms with Gasteiger partial charge in [-0.1, -0.05) is 12.1 Å². The number of aromatic nitrogens is 2. The van der Waals surface area contributed by atoms with Gasteiger partial charge in [-0.3, -0.25) is 9.52 Å². The molecule has 1 heterocycles. The van der Waals surface area contributed by atoms with E-state index in [0.29, 0.717) is 11.3 Å². The van der Waals surface area contributed by atoms with E-state index in [2.05, 4.69) is 14.7 Å². The molecule has 0 unspecified atom stereocenters. The number of rotatable bonds is 5. The maximum absolute atomic E-state index is 12.1. The van der Waals surface area contributed by atoms with Gasteiger partial charge in [0.1, 0.15) is 4.90 Å². The highest BCUT2D eigenvalue weighted by atomic mass is 35.5. The number of halogens is 1. The van der Waals surface area contributed by atoms with Crippen LogP contribution in [-0.2, 0) is 21.2 Å². The molecule has 2 aromatic rings. The third kappa shape index (κ3) is 4.14. The Morgan fingerprint density at radius 3 is 2.29 bits per heavy atom. The molecule has 1 aromatic heterocycles. The zero-order chi connectivity index (χ0) is 15.5. The van der Waals surface area contributed by atoms with E-state index in [4.69, 9.17) is 17.3 Å². The number of hydrogen-bond acceptors (Lipinski definition) is 5. The Morgan fingerprint density at radius 1 is 1.19 bits per heavy atom. The van der Waals surface area contributed by atoms with Crippen LogP contribution in [0, 0.1) is 0 Å². The molecule has 9 heteroatoms. The van der Waals surface area contributed by atoms with E-state index in [1.807, 2.05) is 0 Å². The third-order valence-electron chi connectivity index (χ3n) is 2.49. The minimum absolute atomic E-state index is 0.0373. The lowest BCUT2D eigenvalue weighted by Crippen LogP contribution is -2.15. The fourth-order valence-corrected chi connectivity index (χ4v) is 2.59. The van der Waals surface area contributed by atoms with Crippen LogP contribution in [0.2, 0.25) is 5.28 Å². The lowest BCUT2D eigenvalue weighted by molar-refractivity contribution is -0.117. The Morgan fingerprint density at radius 2 is 1.76 bits per heavy atom. The predicted molar refractivity (Wildman–Crippen MR) is 77.2 cm³/mol. The number of anilines is 1. The fourth-order valence-electron chi connectivity index (χ4n) is 1.55. The van der Waals surface area contributed by atoms with E-state index in [-0.39, 0.29) is 16.6 Å². The first-order valence-corrected chi connectivity index (χ1v) is 7.60. The topological polar surface area (TPSA) is 115 Å². The van der Waals surface area contributed by atoms with Gasteiger partial charge in [-0.15, -0.1) is 0 Å². The van der Waals surface area contributed by atoms with Crippen LogP contribution >= 0.6 is 11.6 Å². The standard InChI is InChI=1S/C12H11ClN4O3S/c13-12-15-6-10(7-16-12)21(19,20)17-9-3-1-8(2-4-9)5-11(14)18/h1-4,6-7,17H,5H2,(H2,14,18). The van der Waals surface area contributed by atoms with Crippen molar-refractivity contribution in [2.24, 2.45) is 5.73 Å². The second-order valence-electron chi connectivity index (χ2n) is 4.13. The SMILES string of the molecule is NC(=O)Cc1ccc(NS(=O)(=O)c2cnc(Cl)nc2)cc1. The molecular weight excluding hydrogens is 316 g/mol. The van der Waals surface area contributed by atoms with Gasteiger partial charge >= 0.3 is 0 Å². The third-order valence-corrected chi connectivity index (χ3v) is 4.02. The molecule has 110 valence electrons. The average molecular weight is 327 g/mol. The summed E-state index contributed by atoms with van der Waals surface area (Å²) in [6, 6.07) is 6.29. The second-order valence-corrected chi connectivity index (χ2v) is 6.15. The van der Waals surface area contributed by atoms with E-state index in [1.165, 1.54) is 12.1 Å². The number of carbonyl (C=O) groups is 1. The minimum atomic E-state index is -3.79. The summed E-state index contributed by atoms with van der Waals surface area (Å²) >= 11 is 5.51. The largest absolute Gasteiger partial charge is 0.369 e. The van der Waals surface area contributed by atoms with Crippen molar-refractivity contribution in [1.29, 1.82) is 0 Å². The molecule has 0 spiro atoms. The predicted octanol–water partition coefficient (Wildman–Crippen LogP) is 0.959. The van der Waals surface area contributed by atoms with Crippen LogP contribution in [0.5, 0.6) is 0 Å². The number of carbonyl (C=O) groups excluding carboxylic acids is 1. The van der Waals surface area contributed by atoms with Crippen LogP contribution in [0.1, 0.15) is 5.56 Å². The zero-order valence-electron chi connectivity index (χ0n) is 10.7. The summed E-state index contributed by atoms with van der Waals surface area (Å²) in [5, 5.41) is -0.0373. The van der Waals surface area contributed by atoms with Crippen LogP contribution in [0.25, 0.3) is 0 Å². The molecule has 1 aromatic carbocycles. The van der Waals surface area contributed by atoms with Crippen molar-refractivity contribution in [2.75, 3.05) is 4.72 Å². The van der Waals surface area contributed by atoms with Crippen molar-refractivity contribution in [3.8, 4) is 0 Å². The van der Waals surface area contributed by atoms with E-state index >= 15 is 0 Å². The van der Waals surface area contributed by atoms with Gasteiger partial charge in [0.2, 0.25) is 11.2 Å². The molecule has 0 radical (unpaired) electrons. The Hall–Kier alpha value is -2.19. The molecule has 0 aliphatic heterocycles. The normalized spacial score (nSPS) is 11.1. The Kier molecular flexibility index (Phi) is 4.39. The van der Waals surface area contributed by atoms with E-state index in [0.717, 1.165) is 12.4 Å². The van der Waals surface area contributed by atoms with Gasteiger partial charge in [0.05, 0.1) is 18.8 Å². The van der Waals surface area contributed by atoms with E-state index in [9.17, 15) is 13.2 Å². The number of primary amides is 1. The zero-order valence-corrected chi connectivity index (χ0v) is 12.2. The number of hydrogen-bond donors (Lipinski definition) is 2. The molecule has 7 nitrogen and oxygen atoms in total. The maximum atomic E-state index is 12.1. The number of amides is 1. The van der Waals surface area contributed by atoms with Crippen LogP contribution in [0.4, 0.5) is 5.69 Å². The second kappa shape index (κ2) is 6.06. The first-order valence-electron chi connectivity index (χ1n) is 5.74. The van der Waals surface area contributed by atoms with E-state index in [1.54, 1.807) is 12.1 Å². The monoisotopic (exact) mass is 326 g/mol. The average Bonchev–Trinajstić information content (AvgIpc) is 2.40. The highest BCUT2D eigenvalue weighted by Gasteiger charge is 2.15. The van der Waals surface area contributed by atoms with Crippen molar-refractivity contribution in [1.82, 2.24) is 9.97 Å². The first kappa shape index (κ1) is 15.2. The summed E-state index contributed by atoms with van der Waals surface area (Å²) in [6.07, 6.45) is 2.32. The molecule has 0 saturated heterocycles. The lowest BCUT2D eigenvalue weighted by atomic mass is 10.1. The highest BCUT2D eigenvalue weighted by molar-refractivity contribution is 7.92. The van der Waals surface area contributed by atoms with Crippen molar-refractivity contribution in [3.63, 3.8) is 0 Å². The smallest absolute Gasteiger partial charge is 0.264 e. The quantitative estimate of drug-likeness (QED) is 0.794. The number of nitrogens with two attached hydrogens (primary N) is 1. The number of nitrogens with zero attached hydrogens (tertiary/aromatic N) is 2. The molecule has 0 atom stereocenters. The van der Waals surface area contributed by atoms with Crippen LogP contribution in [0.15, 0.2) is 41.6 Å². The maximum Gasteiger partial charge on any atom is 0.264 e. The van der Waals surface area contributed by atoms with Crippen LogP contribution in [0.3, 0.4) is 0 Å².